The van der Waals surface area contributed by atoms with Crippen molar-refractivity contribution in [3.8, 4) is 0 Å². The van der Waals surface area contributed by atoms with E-state index in [1.165, 1.54) is 0 Å². The number of hydrogen-bond acceptors (Lipinski definition) is 2. The Labute approximate surface area is 80.2 Å². The maximum atomic E-state index is 10.7. The van der Waals surface area contributed by atoms with E-state index in [1.807, 2.05) is 0 Å². The van der Waals surface area contributed by atoms with Crippen LogP contribution in [-0.2, 0) is 4.79 Å². The van der Waals surface area contributed by atoms with E-state index in [1.54, 1.807) is 0 Å². The molecule has 0 saturated carbocycles. The molecular weight excluding hydrogens is 142 g/mol. The third-order valence-corrected chi connectivity index (χ3v) is 1.05. The topological polar surface area (TPSA) is 63.3 Å². The van der Waals surface area contributed by atoms with Gasteiger partial charge < -0.3 is 10.8 Å². The Kier molecular flexibility index (Phi) is 1.27. The highest BCUT2D eigenvalue weighted by Crippen LogP contribution is 2.13. The fraction of sp³-hybridized carbons (Fsp3) is 0.875. The predicted octanol–water partition coefficient (Wildman–Crippen LogP) is 1.08. The molecule has 0 aliphatic carbocycles. The average molecular weight is 168 g/mol. The number of aliphatic carboxylic acids is 1. The maximum absolute atomic E-state index is 10.7. The Balaban J connectivity index is 5.97. The number of hydrogen-bond donors (Lipinski definition) is 2. The standard InChI is InChI=1S/C8H17NO2/c1-6(2)3-7(5-9)4-8(10)11/h6-7H,3-5,9H2,1-2H3,(H,10,11)/t7-/m0/s1/i1D3,2D3,3D2,6D. The van der Waals surface area contributed by atoms with Crippen molar-refractivity contribution in [1.29, 1.82) is 0 Å². The molecule has 3 nitrogen and oxygen atoms in total. The minimum Gasteiger partial charge on any atom is -0.481 e. The molecular formula is C8H17NO2. The summed E-state index contributed by atoms with van der Waals surface area (Å²) in [6.07, 6.45) is -4.01. The van der Waals surface area contributed by atoms with Gasteiger partial charge in [-0.3, -0.25) is 4.79 Å². The largest absolute Gasteiger partial charge is 0.481 e. The van der Waals surface area contributed by atoms with Crippen molar-refractivity contribution in [2.75, 3.05) is 6.54 Å². The Morgan fingerprint density at radius 1 is 1.91 bits per heavy atom. The highest BCUT2D eigenvalue weighted by Gasteiger charge is 2.12. The summed E-state index contributed by atoms with van der Waals surface area (Å²) < 4.78 is 66.5. The lowest BCUT2D eigenvalue weighted by atomic mass is 9.94. The maximum Gasteiger partial charge on any atom is 0.303 e. The summed E-state index contributed by atoms with van der Waals surface area (Å²) in [7, 11) is 0. The number of carboxylic acid groups (broad SMARTS) is 1. The van der Waals surface area contributed by atoms with Crippen molar-refractivity contribution in [3.63, 3.8) is 0 Å². The molecule has 3 N–H and O–H groups in total. The van der Waals surface area contributed by atoms with Gasteiger partial charge in [-0.2, -0.15) is 0 Å². The lowest BCUT2D eigenvalue weighted by Gasteiger charge is -2.13. The van der Waals surface area contributed by atoms with E-state index in [9.17, 15) is 4.79 Å². The zero-order chi connectivity index (χ0) is 16.6. The van der Waals surface area contributed by atoms with Gasteiger partial charge in [0.2, 0.25) is 0 Å². The molecule has 0 heterocycles. The van der Waals surface area contributed by atoms with Gasteiger partial charge in [0.1, 0.15) is 0 Å². The van der Waals surface area contributed by atoms with Crippen LogP contribution in [0.3, 0.4) is 0 Å². The molecule has 3 heteroatoms. The SMILES string of the molecule is [2H]C([2H])([2H])C([2H])(C([2H])([2H])[2H])C([2H])([2H])[C@H](CN)CC(=O)O. The molecule has 11 heavy (non-hydrogen) atoms. The molecule has 0 aromatic carbocycles. The molecule has 0 amide bonds. The first-order valence-electron chi connectivity index (χ1n) is 7.54. The normalized spacial score (nSPS) is 30.1. The Morgan fingerprint density at radius 3 is 2.91 bits per heavy atom. The predicted molar refractivity (Wildman–Crippen MR) is 44.3 cm³/mol. The van der Waals surface area contributed by atoms with E-state index >= 15 is 0 Å². The van der Waals surface area contributed by atoms with E-state index in [0.717, 1.165) is 0 Å². The molecule has 1 atom stereocenters. The zero-order valence-electron chi connectivity index (χ0n) is 14.9. The van der Waals surface area contributed by atoms with Gasteiger partial charge in [-0.05, 0) is 24.7 Å². The van der Waals surface area contributed by atoms with Crippen molar-refractivity contribution in [1.82, 2.24) is 0 Å². The van der Waals surface area contributed by atoms with Crippen LogP contribution in [0.5, 0.6) is 0 Å². The van der Waals surface area contributed by atoms with Gasteiger partial charge in [0.15, 0.2) is 0 Å². The van der Waals surface area contributed by atoms with Crippen molar-refractivity contribution in [2.45, 2.75) is 26.5 Å². The molecule has 0 radical (unpaired) electrons. The van der Waals surface area contributed by atoms with Crippen molar-refractivity contribution in [3.05, 3.63) is 0 Å². The summed E-state index contributed by atoms with van der Waals surface area (Å²) in [6.45, 7) is -7.55. The Hall–Kier alpha value is -0.570. The van der Waals surface area contributed by atoms with Crippen LogP contribution >= 0.6 is 0 Å². The van der Waals surface area contributed by atoms with Crippen LogP contribution in [-0.4, -0.2) is 17.6 Å². The molecule has 66 valence electrons. The molecule has 0 spiro atoms. The fourth-order valence-electron chi connectivity index (χ4n) is 0.608. The Bertz CT molecular complexity index is 348. The van der Waals surface area contributed by atoms with Crippen molar-refractivity contribution >= 4 is 5.97 Å². The number of carboxylic acids is 1. The number of nitrogens with two attached hydrogens (primary N) is 1. The average Bonchev–Trinajstić information content (AvgIpc) is 2.20. The number of rotatable bonds is 5. The van der Waals surface area contributed by atoms with E-state index in [4.69, 9.17) is 23.2 Å². The second-order valence-electron chi connectivity index (χ2n) is 2.05. The smallest absolute Gasteiger partial charge is 0.303 e. The molecule has 0 aliphatic rings. The first-order chi connectivity index (χ1) is 8.63. The highest BCUT2D eigenvalue weighted by atomic mass is 16.4. The molecule has 0 aromatic rings. The van der Waals surface area contributed by atoms with Crippen LogP contribution in [0.1, 0.15) is 38.8 Å². The molecule has 0 aliphatic heterocycles. The second-order valence-corrected chi connectivity index (χ2v) is 2.05. The van der Waals surface area contributed by atoms with Gasteiger partial charge >= 0.3 is 5.97 Å². The first-order valence-corrected chi connectivity index (χ1v) is 3.04. The Morgan fingerprint density at radius 2 is 2.55 bits per heavy atom. The van der Waals surface area contributed by atoms with E-state index in [0.29, 0.717) is 0 Å². The van der Waals surface area contributed by atoms with Crippen molar-refractivity contribution in [2.24, 2.45) is 17.5 Å². The minimum absolute atomic E-state index is 0.591. The summed E-state index contributed by atoms with van der Waals surface area (Å²) >= 11 is 0. The summed E-state index contributed by atoms with van der Waals surface area (Å²) in [6, 6.07) is 0. The number of carbonyl (C=O) groups is 1. The quantitative estimate of drug-likeness (QED) is 0.645. The summed E-state index contributed by atoms with van der Waals surface area (Å²) in [5.41, 5.74) is 5.24. The van der Waals surface area contributed by atoms with Gasteiger partial charge in [-0.25, -0.2) is 0 Å². The first kappa shape index (κ1) is 2.73. The minimum atomic E-state index is -3.48. The van der Waals surface area contributed by atoms with Crippen LogP contribution in [0.2, 0.25) is 0 Å². The summed E-state index contributed by atoms with van der Waals surface area (Å²) in [4.78, 5) is 10.7. The van der Waals surface area contributed by atoms with Crippen LogP contribution in [0.4, 0.5) is 0 Å². The van der Waals surface area contributed by atoms with Crippen molar-refractivity contribution < 1.29 is 22.2 Å². The molecule has 0 fully saturated rings. The lowest BCUT2D eigenvalue weighted by molar-refractivity contribution is -0.138. The lowest BCUT2D eigenvalue weighted by Crippen LogP contribution is -2.19. The monoisotopic (exact) mass is 168 g/mol. The summed E-state index contributed by atoms with van der Waals surface area (Å²) in [5, 5.41) is 8.68. The molecule has 0 rings (SSSR count). The van der Waals surface area contributed by atoms with Gasteiger partial charge in [0.05, 0.1) is 0 Å². The second kappa shape index (κ2) is 5.13. The van der Waals surface area contributed by atoms with Gasteiger partial charge in [-0.1, -0.05) is 13.7 Å². The zero-order valence-corrected chi connectivity index (χ0v) is 5.92. The van der Waals surface area contributed by atoms with Gasteiger partial charge in [-0.15, -0.1) is 0 Å². The molecule has 0 bridgehead atoms. The van der Waals surface area contributed by atoms with Crippen LogP contribution in [0.15, 0.2) is 0 Å². The van der Waals surface area contributed by atoms with Gasteiger partial charge in [0, 0.05) is 18.8 Å². The van der Waals surface area contributed by atoms with E-state index < -0.39 is 50.8 Å². The third-order valence-electron chi connectivity index (χ3n) is 1.05. The van der Waals surface area contributed by atoms with Crippen LogP contribution < -0.4 is 5.73 Å². The van der Waals surface area contributed by atoms with E-state index in [-0.39, 0.29) is 0 Å². The third kappa shape index (κ3) is 5.85. The molecule has 0 unspecified atom stereocenters. The van der Waals surface area contributed by atoms with Crippen LogP contribution in [0, 0.1) is 11.8 Å². The van der Waals surface area contributed by atoms with E-state index in [2.05, 4.69) is 0 Å². The summed E-state index contributed by atoms with van der Waals surface area (Å²) in [5.74, 6) is -6.55. The molecule has 0 saturated heterocycles. The highest BCUT2D eigenvalue weighted by molar-refractivity contribution is 5.67. The molecule has 0 aromatic heterocycles. The van der Waals surface area contributed by atoms with Crippen LogP contribution in [0.25, 0.3) is 0 Å². The fourth-order valence-corrected chi connectivity index (χ4v) is 0.608. The van der Waals surface area contributed by atoms with Gasteiger partial charge in [0.25, 0.3) is 0 Å².